The van der Waals surface area contributed by atoms with Crippen molar-refractivity contribution in [2.45, 2.75) is 32.8 Å². The van der Waals surface area contributed by atoms with Crippen molar-refractivity contribution in [2.24, 2.45) is 0 Å². The molecule has 0 aromatic heterocycles. The number of rotatable bonds is 9. The lowest BCUT2D eigenvalue weighted by Gasteiger charge is -2.23. The third-order valence-electron chi connectivity index (χ3n) is 5.45. The molecule has 0 aliphatic heterocycles. The number of amides is 1. The van der Waals surface area contributed by atoms with Gasteiger partial charge in [-0.25, -0.2) is 4.79 Å². The third-order valence-corrected chi connectivity index (χ3v) is 5.68. The maximum Gasteiger partial charge on any atom is 0.347 e. The summed E-state index contributed by atoms with van der Waals surface area (Å²) in [6, 6.07) is 18.7. The van der Waals surface area contributed by atoms with E-state index >= 15 is 0 Å². The van der Waals surface area contributed by atoms with E-state index in [1.165, 1.54) is 21.0 Å². The Balaban J connectivity index is 1.61. The fourth-order valence-electron chi connectivity index (χ4n) is 3.40. The normalized spacial score (nSPS) is 11.1. The molecule has 0 spiro atoms. The second-order valence-corrected chi connectivity index (χ2v) is 8.88. The zero-order valence-electron chi connectivity index (χ0n) is 19.6. The van der Waals surface area contributed by atoms with Gasteiger partial charge in [-0.15, -0.1) is 0 Å². The van der Waals surface area contributed by atoms with Gasteiger partial charge in [0.25, 0.3) is 5.91 Å². The fourth-order valence-corrected chi connectivity index (χ4v) is 3.57. The van der Waals surface area contributed by atoms with Crippen LogP contribution in [0.3, 0.4) is 0 Å². The maximum absolute atomic E-state index is 12.5. The number of carboxylic acids is 1. The molecule has 7 heteroatoms. The van der Waals surface area contributed by atoms with Gasteiger partial charge in [0.15, 0.2) is 5.60 Å². The van der Waals surface area contributed by atoms with Crippen molar-refractivity contribution < 1.29 is 24.2 Å². The first-order chi connectivity index (χ1) is 16.1. The monoisotopic (exact) mass is 481 g/mol. The van der Waals surface area contributed by atoms with Crippen LogP contribution in [-0.4, -0.2) is 36.2 Å². The van der Waals surface area contributed by atoms with Crippen molar-refractivity contribution in [3.63, 3.8) is 0 Å². The van der Waals surface area contributed by atoms with E-state index in [4.69, 9.17) is 21.1 Å². The van der Waals surface area contributed by atoms with E-state index < -0.39 is 11.6 Å². The van der Waals surface area contributed by atoms with Crippen LogP contribution >= 0.6 is 11.6 Å². The average molecular weight is 482 g/mol. The van der Waals surface area contributed by atoms with Gasteiger partial charge in [0.2, 0.25) is 0 Å². The smallest absolute Gasteiger partial charge is 0.347 e. The number of hydrogen-bond donors (Lipinski definition) is 2. The molecule has 6 nitrogen and oxygen atoms in total. The van der Waals surface area contributed by atoms with Crippen molar-refractivity contribution >= 4 is 23.5 Å². The number of carbonyl (C=O) groups is 2. The highest BCUT2D eigenvalue weighted by molar-refractivity contribution is 6.31. The maximum atomic E-state index is 12.5. The Hall–Kier alpha value is -3.51. The second-order valence-electron chi connectivity index (χ2n) is 8.45. The van der Waals surface area contributed by atoms with E-state index in [2.05, 4.69) is 5.32 Å². The standard InChI is InChI=1S/C27H28ClNO5/c1-17-15-20(9-11-23(17)34-27(2,3)26(31)32)19-7-5-18(6-8-19)13-14-29-25(30)22-16-21(28)10-12-24(22)33-4/h5-12,15-16H,13-14H2,1-4H3,(H,29,30)(H,31,32). The molecule has 0 heterocycles. The SMILES string of the molecule is COc1ccc(Cl)cc1C(=O)NCCc1ccc(-c2ccc(OC(C)(C)C(=O)O)c(C)c2)cc1. The van der Waals surface area contributed by atoms with Crippen LogP contribution in [0.15, 0.2) is 60.7 Å². The molecule has 0 unspecified atom stereocenters. The number of benzene rings is 3. The number of carboxylic acid groups (broad SMARTS) is 1. The molecule has 0 fully saturated rings. The Bertz CT molecular complexity index is 1190. The summed E-state index contributed by atoms with van der Waals surface area (Å²) >= 11 is 6.01. The van der Waals surface area contributed by atoms with E-state index in [-0.39, 0.29) is 5.91 Å². The molecule has 2 N–H and O–H groups in total. The quantitative estimate of drug-likeness (QED) is 0.419. The number of aliphatic carboxylic acids is 1. The van der Waals surface area contributed by atoms with Crippen LogP contribution in [0.4, 0.5) is 0 Å². The van der Waals surface area contributed by atoms with Crippen molar-refractivity contribution in [1.29, 1.82) is 0 Å². The van der Waals surface area contributed by atoms with Crippen LogP contribution < -0.4 is 14.8 Å². The molecular weight excluding hydrogens is 454 g/mol. The van der Waals surface area contributed by atoms with Gasteiger partial charge in [0.05, 0.1) is 12.7 Å². The summed E-state index contributed by atoms with van der Waals surface area (Å²) in [6.45, 7) is 5.41. The van der Waals surface area contributed by atoms with Gasteiger partial charge in [-0.05, 0) is 79.8 Å². The molecule has 0 aliphatic rings. The van der Waals surface area contributed by atoms with E-state index in [0.29, 0.717) is 35.1 Å². The van der Waals surface area contributed by atoms with Gasteiger partial charge in [-0.3, -0.25) is 4.79 Å². The molecule has 0 radical (unpaired) electrons. The minimum Gasteiger partial charge on any atom is -0.496 e. The first-order valence-electron chi connectivity index (χ1n) is 10.8. The van der Waals surface area contributed by atoms with Crippen molar-refractivity contribution in [2.75, 3.05) is 13.7 Å². The van der Waals surface area contributed by atoms with Crippen LogP contribution in [-0.2, 0) is 11.2 Å². The summed E-state index contributed by atoms with van der Waals surface area (Å²) in [5.41, 5.74) is 3.08. The summed E-state index contributed by atoms with van der Waals surface area (Å²) in [6.07, 6.45) is 0.672. The van der Waals surface area contributed by atoms with E-state index in [1.54, 1.807) is 24.3 Å². The highest BCUT2D eigenvalue weighted by atomic mass is 35.5. The summed E-state index contributed by atoms with van der Waals surface area (Å²) < 4.78 is 10.9. The van der Waals surface area contributed by atoms with Gasteiger partial charge < -0.3 is 19.9 Å². The van der Waals surface area contributed by atoms with Gasteiger partial charge in [-0.1, -0.05) is 41.9 Å². The van der Waals surface area contributed by atoms with Crippen LogP contribution in [0.2, 0.25) is 5.02 Å². The predicted octanol–water partition coefficient (Wildman–Crippen LogP) is 5.54. The molecule has 3 aromatic rings. The number of nitrogens with one attached hydrogen (secondary N) is 1. The topological polar surface area (TPSA) is 84.9 Å². The van der Waals surface area contributed by atoms with Crippen molar-refractivity contribution in [3.05, 3.63) is 82.4 Å². The first kappa shape index (κ1) is 25.1. The molecular formula is C27H28ClNO5. The zero-order chi connectivity index (χ0) is 24.9. The Labute approximate surface area is 204 Å². The molecule has 3 rings (SSSR count). The van der Waals surface area contributed by atoms with Crippen LogP contribution in [0.5, 0.6) is 11.5 Å². The largest absolute Gasteiger partial charge is 0.496 e. The third kappa shape index (κ3) is 6.08. The van der Waals surface area contributed by atoms with Gasteiger partial charge in [0.1, 0.15) is 11.5 Å². The van der Waals surface area contributed by atoms with Crippen molar-refractivity contribution in [1.82, 2.24) is 5.32 Å². The fraction of sp³-hybridized carbons (Fsp3) is 0.259. The molecule has 34 heavy (non-hydrogen) atoms. The number of ether oxygens (including phenoxy) is 2. The number of aryl methyl sites for hydroxylation is 1. The Kier molecular flexibility index (Phi) is 7.84. The van der Waals surface area contributed by atoms with Crippen LogP contribution in [0.1, 0.15) is 35.3 Å². The zero-order valence-corrected chi connectivity index (χ0v) is 20.4. The molecule has 1 amide bonds. The number of carbonyl (C=O) groups excluding carboxylic acids is 1. The summed E-state index contributed by atoms with van der Waals surface area (Å²) in [5, 5.41) is 12.7. The van der Waals surface area contributed by atoms with E-state index in [1.807, 2.05) is 43.3 Å². The molecule has 0 saturated heterocycles. The molecule has 0 bridgehead atoms. The van der Waals surface area contributed by atoms with Gasteiger partial charge in [-0.2, -0.15) is 0 Å². The van der Waals surface area contributed by atoms with Crippen molar-refractivity contribution in [3.8, 4) is 22.6 Å². The molecule has 0 atom stereocenters. The first-order valence-corrected chi connectivity index (χ1v) is 11.2. The Morgan fingerprint density at radius 3 is 2.24 bits per heavy atom. The molecule has 0 saturated carbocycles. The molecule has 0 aliphatic carbocycles. The minimum atomic E-state index is -1.30. The summed E-state index contributed by atoms with van der Waals surface area (Å²) in [5.74, 6) is -0.237. The lowest BCUT2D eigenvalue weighted by molar-refractivity contribution is -0.152. The van der Waals surface area contributed by atoms with Crippen LogP contribution in [0.25, 0.3) is 11.1 Å². The summed E-state index contributed by atoms with van der Waals surface area (Å²) in [4.78, 5) is 23.8. The van der Waals surface area contributed by atoms with E-state index in [9.17, 15) is 14.7 Å². The minimum absolute atomic E-state index is 0.236. The number of halogens is 1. The Morgan fingerprint density at radius 1 is 0.971 bits per heavy atom. The van der Waals surface area contributed by atoms with Crippen LogP contribution in [0, 0.1) is 6.92 Å². The highest BCUT2D eigenvalue weighted by Crippen LogP contribution is 2.29. The lowest BCUT2D eigenvalue weighted by atomic mass is 10.0. The molecule has 3 aromatic carbocycles. The number of hydrogen-bond acceptors (Lipinski definition) is 4. The lowest BCUT2D eigenvalue weighted by Crippen LogP contribution is -2.38. The highest BCUT2D eigenvalue weighted by Gasteiger charge is 2.29. The average Bonchev–Trinajstić information content (AvgIpc) is 2.80. The summed E-state index contributed by atoms with van der Waals surface area (Å²) in [7, 11) is 1.51. The predicted molar refractivity (Wildman–Crippen MR) is 133 cm³/mol. The molecule has 178 valence electrons. The second kappa shape index (κ2) is 10.6. The van der Waals surface area contributed by atoms with Gasteiger partial charge in [0, 0.05) is 11.6 Å². The van der Waals surface area contributed by atoms with E-state index in [0.717, 1.165) is 22.3 Å². The number of methoxy groups -OCH3 is 1. The Morgan fingerprint density at radius 2 is 1.62 bits per heavy atom. The van der Waals surface area contributed by atoms with Gasteiger partial charge >= 0.3 is 5.97 Å².